The molecule has 0 aromatic carbocycles. The van der Waals surface area contributed by atoms with Crippen LogP contribution in [0.5, 0.6) is 0 Å². The van der Waals surface area contributed by atoms with Gasteiger partial charge in [-0.05, 0) is 23.6 Å². The number of ether oxygens (including phenoxy) is 1. The monoisotopic (exact) mass is 294 g/mol. The van der Waals surface area contributed by atoms with E-state index >= 15 is 0 Å². The van der Waals surface area contributed by atoms with Gasteiger partial charge in [0.15, 0.2) is 0 Å². The summed E-state index contributed by atoms with van der Waals surface area (Å²) in [6.45, 7) is 1.49. The van der Waals surface area contributed by atoms with Crippen molar-refractivity contribution in [3.63, 3.8) is 0 Å². The van der Waals surface area contributed by atoms with E-state index in [9.17, 15) is 4.79 Å². The summed E-state index contributed by atoms with van der Waals surface area (Å²) in [5.74, 6) is 0.891. The molecule has 20 heavy (non-hydrogen) atoms. The Morgan fingerprint density at radius 2 is 2.30 bits per heavy atom. The summed E-state index contributed by atoms with van der Waals surface area (Å²) in [5.41, 5.74) is 0. The molecule has 1 atom stereocenters. The number of hydrogen-bond acceptors (Lipinski definition) is 4. The molecule has 2 aromatic heterocycles. The van der Waals surface area contributed by atoms with Gasteiger partial charge in [0.05, 0.1) is 18.8 Å². The lowest BCUT2D eigenvalue weighted by molar-refractivity contribution is 0.196. The van der Waals surface area contributed by atoms with Crippen LogP contribution in [0.2, 0.25) is 0 Å². The molecule has 2 amide bonds. The number of urea groups is 1. The lowest BCUT2D eigenvalue weighted by atomic mass is 10.1. The Morgan fingerprint density at radius 1 is 1.40 bits per heavy atom. The maximum absolute atomic E-state index is 11.7. The lowest BCUT2D eigenvalue weighted by Crippen LogP contribution is -2.39. The number of methoxy groups -OCH3 is 1. The van der Waals surface area contributed by atoms with Crippen LogP contribution in [0.1, 0.15) is 16.6 Å². The van der Waals surface area contributed by atoms with Crippen molar-refractivity contribution in [3.8, 4) is 0 Å². The maximum atomic E-state index is 11.7. The van der Waals surface area contributed by atoms with Crippen LogP contribution in [0.25, 0.3) is 0 Å². The van der Waals surface area contributed by atoms with Crippen LogP contribution in [-0.4, -0.2) is 32.8 Å². The second-order valence-electron chi connectivity index (χ2n) is 4.21. The molecule has 0 saturated carbocycles. The number of rotatable bonds is 7. The molecule has 0 fully saturated rings. The van der Waals surface area contributed by atoms with Crippen molar-refractivity contribution in [1.29, 1.82) is 0 Å². The Balaban J connectivity index is 1.91. The van der Waals surface area contributed by atoms with Gasteiger partial charge in [0, 0.05) is 25.1 Å². The molecule has 5 nitrogen and oxygen atoms in total. The molecule has 2 heterocycles. The molecular formula is C14H18N2O3S. The van der Waals surface area contributed by atoms with E-state index in [1.54, 1.807) is 24.7 Å². The largest absolute Gasteiger partial charge is 0.469 e. The van der Waals surface area contributed by atoms with Crippen molar-refractivity contribution in [1.82, 2.24) is 10.6 Å². The van der Waals surface area contributed by atoms with E-state index < -0.39 is 0 Å². The van der Waals surface area contributed by atoms with Crippen molar-refractivity contribution >= 4 is 17.4 Å². The molecule has 0 aliphatic rings. The Bertz CT molecular complexity index is 462. The van der Waals surface area contributed by atoms with E-state index in [2.05, 4.69) is 10.6 Å². The molecule has 2 aromatic rings. The molecule has 0 spiro atoms. The zero-order valence-corrected chi connectivity index (χ0v) is 12.1. The number of amides is 2. The predicted octanol–water partition coefficient (Wildman–Crippen LogP) is 2.42. The van der Waals surface area contributed by atoms with Gasteiger partial charge in [0.1, 0.15) is 5.76 Å². The lowest BCUT2D eigenvalue weighted by Gasteiger charge is -2.14. The summed E-state index contributed by atoms with van der Waals surface area (Å²) in [6, 6.07) is 7.62. The van der Waals surface area contributed by atoms with Crippen molar-refractivity contribution < 1.29 is 13.9 Å². The van der Waals surface area contributed by atoms with Gasteiger partial charge in [-0.1, -0.05) is 6.07 Å². The fourth-order valence-corrected chi connectivity index (χ4v) is 2.68. The van der Waals surface area contributed by atoms with Gasteiger partial charge in [0.2, 0.25) is 0 Å². The molecule has 0 aliphatic heterocycles. The average Bonchev–Trinajstić information content (AvgIpc) is 3.12. The summed E-state index contributed by atoms with van der Waals surface area (Å²) < 4.78 is 10.3. The van der Waals surface area contributed by atoms with E-state index in [0.717, 1.165) is 10.6 Å². The molecule has 0 aliphatic carbocycles. The SMILES string of the molecule is COCCNC(=O)NC[C@H](c1ccco1)c1cccs1. The smallest absolute Gasteiger partial charge is 0.314 e. The van der Waals surface area contributed by atoms with Crippen molar-refractivity contribution in [2.24, 2.45) is 0 Å². The molecule has 0 bridgehead atoms. The number of carbonyl (C=O) groups is 1. The normalized spacial score (nSPS) is 12.1. The Labute approximate surface area is 121 Å². The first-order valence-corrected chi connectivity index (χ1v) is 7.26. The van der Waals surface area contributed by atoms with Crippen LogP contribution >= 0.6 is 11.3 Å². The first-order valence-electron chi connectivity index (χ1n) is 6.38. The minimum atomic E-state index is -0.199. The molecule has 0 radical (unpaired) electrons. The van der Waals surface area contributed by atoms with Crippen LogP contribution < -0.4 is 10.6 Å². The number of nitrogens with one attached hydrogen (secondary N) is 2. The Morgan fingerprint density at radius 3 is 2.95 bits per heavy atom. The summed E-state index contributed by atoms with van der Waals surface area (Å²) in [4.78, 5) is 12.8. The second kappa shape index (κ2) is 7.72. The van der Waals surface area contributed by atoms with E-state index in [1.807, 2.05) is 29.6 Å². The quantitative estimate of drug-likeness (QED) is 0.771. The molecule has 0 unspecified atom stereocenters. The fourth-order valence-electron chi connectivity index (χ4n) is 1.84. The Kier molecular flexibility index (Phi) is 5.64. The summed E-state index contributed by atoms with van der Waals surface area (Å²) >= 11 is 1.65. The van der Waals surface area contributed by atoms with Gasteiger partial charge in [-0.25, -0.2) is 4.79 Å². The first-order chi connectivity index (χ1) is 9.81. The van der Waals surface area contributed by atoms with Gasteiger partial charge in [-0.3, -0.25) is 0 Å². The van der Waals surface area contributed by atoms with Crippen molar-refractivity contribution in [2.75, 3.05) is 26.8 Å². The molecule has 2 rings (SSSR count). The zero-order valence-electron chi connectivity index (χ0n) is 11.3. The number of thiophene rings is 1. The van der Waals surface area contributed by atoms with E-state index in [0.29, 0.717) is 19.7 Å². The van der Waals surface area contributed by atoms with Gasteiger partial charge in [0.25, 0.3) is 0 Å². The van der Waals surface area contributed by atoms with E-state index in [4.69, 9.17) is 9.15 Å². The number of carbonyl (C=O) groups excluding carboxylic acids is 1. The van der Waals surface area contributed by atoms with Gasteiger partial charge < -0.3 is 19.8 Å². The van der Waals surface area contributed by atoms with Crippen LogP contribution in [0.15, 0.2) is 40.3 Å². The van der Waals surface area contributed by atoms with Gasteiger partial charge >= 0.3 is 6.03 Å². The standard InChI is InChI=1S/C14H18N2O3S/c1-18-8-6-15-14(17)16-10-11(12-4-2-7-19-12)13-5-3-9-20-13/h2-5,7,9,11H,6,8,10H2,1H3,(H2,15,16,17)/t11-/m1/s1. The molecular weight excluding hydrogens is 276 g/mol. The maximum Gasteiger partial charge on any atom is 0.314 e. The highest BCUT2D eigenvalue weighted by Crippen LogP contribution is 2.27. The van der Waals surface area contributed by atoms with Crippen molar-refractivity contribution in [3.05, 3.63) is 46.5 Å². The third-order valence-electron chi connectivity index (χ3n) is 2.83. The molecule has 0 saturated heterocycles. The second-order valence-corrected chi connectivity index (χ2v) is 5.19. The predicted molar refractivity (Wildman–Crippen MR) is 78.1 cm³/mol. The topological polar surface area (TPSA) is 63.5 Å². The molecule has 6 heteroatoms. The van der Waals surface area contributed by atoms with Crippen LogP contribution in [0.4, 0.5) is 4.79 Å². The molecule has 2 N–H and O–H groups in total. The summed E-state index contributed by atoms with van der Waals surface area (Å²) in [7, 11) is 1.60. The average molecular weight is 294 g/mol. The van der Waals surface area contributed by atoms with Crippen LogP contribution in [0.3, 0.4) is 0 Å². The van der Waals surface area contributed by atoms with E-state index in [1.165, 1.54) is 0 Å². The van der Waals surface area contributed by atoms with Crippen molar-refractivity contribution in [2.45, 2.75) is 5.92 Å². The highest BCUT2D eigenvalue weighted by atomic mass is 32.1. The zero-order chi connectivity index (χ0) is 14.2. The number of hydrogen-bond donors (Lipinski definition) is 2. The first kappa shape index (κ1) is 14.6. The van der Waals surface area contributed by atoms with E-state index in [-0.39, 0.29) is 11.9 Å². The van der Waals surface area contributed by atoms with Crippen LogP contribution in [-0.2, 0) is 4.74 Å². The summed E-state index contributed by atoms with van der Waals surface area (Å²) in [5, 5.41) is 7.60. The minimum Gasteiger partial charge on any atom is -0.469 e. The van der Waals surface area contributed by atoms with Gasteiger partial charge in [-0.15, -0.1) is 11.3 Å². The van der Waals surface area contributed by atoms with Crippen LogP contribution in [0, 0.1) is 0 Å². The Hall–Kier alpha value is -1.79. The highest BCUT2D eigenvalue weighted by molar-refractivity contribution is 7.10. The third kappa shape index (κ3) is 4.11. The minimum absolute atomic E-state index is 0.0400. The molecule has 108 valence electrons. The number of furan rings is 1. The van der Waals surface area contributed by atoms with Gasteiger partial charge in [-0.2, -0.15) is 0 Å². The highest BCUT2D eigenvalue weighted by Gasteiger charge is 2.18. The fraction of sp³-hybridized carbons (Fsp3) is 0.357. The summed E-state index contributed by atoms with van der Waals surface area (Å²) in [6.07, 6.45) is 1.65. The third-order valence-corrected chi connectivity index (χ3v) is 3.82.